The third-order valence-electron chi connectivity index (χ3n) is 5.09. The van der Waals surface area contributed by atoms with Crippen molar-refractivity contribution in [1.29, 1.82) is 0 Å². The van der Waals surface area contributed by atoms with E-state index < -0.39 is 17.7 Å². The van der Waals surface area contributed by atoms with Gasteiger partial charge < -0.3 is 10.1 Å². The van der Waals surface area contributed by atoms with Crippen LogP contribution >= 0.6 is 27.7 Å². The summed E-state index contributed by atoms with van der Waals surface area (Å²) < 4.78 is 30.3. The molecule has 1 saturated carbocycles. The zero-order valence-corrected chi connectivity index (χ0v) is 21.1. The zero-order chi connectivity index (χ0) is 24.5. The number of carbonyl (C=O) groups is 1. The number of nitrogens with one attached hydrogen (secondary N) is 1. The van der Waals surface area contributed by atoms with Crippen LogP contribution in [0.25, 0.3) is 17.2 Å². The third-order valence-corrected chi connectivity index (χ3v) is 6.99. The van der Waals surface area contributed by atoms with Gasteiger partial charge in [-0.25, -0.2) is 23.2 Å². The van der Waals surface area contributed by atoms with Gasteiger partial charge in [0, 0.05) is 10.8 Å². The Labute approximate surface area is 206 Å². The van der Waals surface area contributed by atoms with E-state index in [-0.39, 0.29) is 32.9 Å². The second-order valence-electron chi connectivity index (χ2n) is 8.92. The summed E-state index contributed by atoms with van der Waals surface area (Å²) in [6.45, 7) is 5.69. The Morgan fingerprint density at radius 3 is 2.65 bits per heavy atom. The first-order valence-electron chi connectivity index (χ1n) is 10.6. The van der Waals surface area contributed by atoms with Crippen molar-refractivity contribution in [3.63, 3.8) is 0 Å². The third kappa shape index (κ3) is 5.69. The lowest BCUT2D eigenvalue weighted by Crippen LogP contribution is -2.42. The minimum absolute atomic E-state index is 0.100. The van der Waals surface area contributed by atoms with Gasteiger partial charge in [-0.05, 0) is 90.9 Å². The number of rotatable bonds is 5. The molecule has 1 aliphatic carbocycles. The van der Waals surface area contributed by atoms with Crippen LogP contribution in [0.2, 0.25) is 0 Å². The molecule has 0 bridgehead atoms. The van der Waals surface area contributed by atoms with Crippen molar-refractivity contribution in [2.24, 2.45) is 0 Å². The highest BCUT2D eigenvalue weighted by molar-refractivity contribution is 9.10. The zero-order valence-electron chi connectivity index (χ0n) is 18.7. The molecule has 13 heteroatoms. The van der Waals surface area contributed by atoms with E-state index in [0.717, 1.165) is 12.8 Å². The van der Waals surface area contributed by atoms with E-state index in [2.05, 4.69) is 36.7 Å². The lowest BCUT2D eigenvalue weighted by Gasteiger charge is -2.29. The van der Waals surface area contributed by atoms with Crippen molar-refractivity contribution < 1.29 is 23.1 Å². The Balaban J connectivity index is 1.45. The minimum Gasteiger partial charge on any atom is -0.446 e. The fourth-order valence-electron chi connectivity index (χ4n) is 3.56. The number of aromatic nitrogens is 4. The topological polar surface area (TPSA) is 125 Å². The molecular formula is C21H23BrFN5O5S. The highest BCUT2D eigenvalue weighted by atomic mass is 79.9. The summed E-state index contributed by atoms with van der Waals surface area (Å²) in [7, 11) is 0. The highest BCUT2D eigenvalue weighted by Gasteiger charge is 2.29. The number of carbonyl (C=O) groups excluding carboxylic acids is 1. The second kappa shape index (κ2) is 9.90. The van der Waals surface area contributed by atoms with Crippen molar-refractivity contribution in [1.82, 2.24) is 25.4 Å². The normalized spacial score (nSPS) is 18.6. The lowest BCUT2D eigenvalue weighted by molar-refractivity contribution is 0.0712. The molecule has 1 amide bonds. The van der Waals surface area contributed by atoms with E-state index in [1.54, 1.807) is 0 Å². The van der Waals surface area contributed by atoms with Gasteiger partial charge >= 0.3 is 11.8 Å². The van der Waals surface area contributed by atoms with Crippen LogP contribution in [0.1, 0.15) is 46.5 Å². The molecule has 3 aromatic rings. The molecule has 0 atom stereocenters. The van der Waals surface area contributed by atoms with Gasteiger partial charge in [0.05, 0.1) is 10.2 Å². The second-order valence-corrected chi connectivity index (χ2v) is 11.1. The molecule has 0 saturated heterocycles. The van der Waals surface area contributed by atoms with Gasteiger partial charge in [0.2, 0.25) is 5.82 Å². The maximum atomic E-state index is 13.7. The Morgan fingerprint density at radius 2 is 1.97 bits per heavy atom. The predicted octanol–water partition coefficient (Wildman–Crippen LogP) is 4.71. The number of thioether (sulfide) groups is 1. The van der Waals surface area contributed by atoms with Crippen LogP contribution in [0, 0.1) is 5.82 Å². The molecule has 0 radical (unpaired) electrons. The van der Waals surface area contributed by atoms with Gasteiger partial charge in [-0.1, -0.05) is 16.9 Å². The van der Waals surface area contributed by atoms with Crippen molar-refractivity contribution in [2.45, 2.75) is 68.4 Å². The molecule has 2 heterocycles. The van der Waals surface area contributed by atoms with Gasteiger partial charge in [0.15, 0.2) is 10.7 Å². The van der Waals surface area contributed by atoms with E-state index in [4.69, 9.17) is 13.9 Å². The molecule has 1 N–H and O–H groups in total. The largest absolute Gasteiger partial charge is 0.446 e. The number of nitrogens with zero attached hydrogens (tertiary/aromatic N) is 4. The number of hydrogen-bond acceptors (Lipinski definition) is 9. The Morgan fingerprint density at radius 1 is 1.24 bits per heavy atom. The smallest absolute Gasteiger partial charge is 0.446 e. The standard InChI is InChI=1S/C21H23BrFN5O5S/c1-21(2,3)24-19(29)31-12-5-7-13(8-6-12)34-18-16(25-33-27-18)17-26-32-20(30)28(17)11-4-9-15(23)14(22)10-11/h4,9-10,12-13H,5-8H2,1-3H3,(H,24,29)/t12-,13-. The molecule has 4 rings (SSSR count). The van der Waals surface area contributed by atoms with E-state index in [1.807, 2.05) is 20.8 Å². The monoisotopic (exact) mass is 555 g/mol. The predicted molar refractivity (Wildman–Crippen MR) is 124 cm³/mol. The number of ether oxygens (including phenoxy) is 1. The number of alkyl carbamates (subject to hydrolysis) is 1. The Hall–Kier alpha value is -2.67. The van der Waals surface area contributed by atoms with Crippen LogP contribution < -0.4 is 11.1 Å². The summed E-state index contributed by atoms with van der Waals surface area (Å²) in [5.74, 6) is -1.12. The van der Waals surface area contributed by atoms with Gasteiger partial charge in [0.1, 0.15) is 11.9 Å². The first-order chi connectivity index (χ1) is 16.1. The average Bonchev–Trinajstić information content (AvgIpc) is 3.36. The van der Waals surface area contributed by atoms with Crippen LogP contribution in [-0.2, 0) is 4.74 Å². The van der Waals surface area contributed by atoms with Crippen molar-refractivity contribution in [3.8, 4) is 17.2 Å². The van der Waals surface area contributed by atoms with Gasteiger partial charge in [0.25, 0.3) is 0 Å². The first kappa shape index (κ1) is 24.5. The average molecular weight is 556 g/mol. The van der Waals surface area contributed by atoms with E-state index in [9.17, 15) is 14.0 Å². The summed E-state index contributed by atoms with van der Waals surface area (Å²) >= 11 is 4.57. The molecule has 1 aliphatic rings. The number of benzene rings is 1. The van der Waals surface area contributed by atoms with Crippen LogP contribution in [-0.4, -0.2) is 43.0 Å². The van der Waals surface area contributed by atoms with E-state index >= 15 is 0 Å². The van der Waals surface area contributed by atoms with Crippen molar-refractivity contribution in [3.05, 3.63) is 39.0 Å². The molecule has 1 fully saturated rings. The summed E-state index contributed by atoms with van der Waals surface area (Å²) in [5, 5.41) is 15.2. The summed E-state index contributed by atoms with van der Waals surface area (Å²) in [6.07, 6.45) is 2.46. The van der Waals surface area contributed by atoms with Crippen molar-refractivity contribution in [2.75, 3.05) is 0 Å². The quantitative estimate of drug-likeness (QED) is 0.476. The van der Waals surface area contributed by atoms with Crippen LogP contribution in [0.5, 0.6) is 0 Å². The SMILES string of the molecule is CC(C)(C)NC(=O)O[C@H]1CC[C@H](Sc2nonc2-c2noc(=O)n2-c2ccc(F)c(Br)c2)CC1. The molecule has 0 unspecified atom stereocenters. The molecular weight excluding hydrogens is 533 g/mol. The summed E-state index contributed by atoms with van der Waals surface area (Å²) in [4.78, 5) is 24.4. The molecule has 0 spiro atoms. The van der Waals surface area contributed by atoms with Crippen LogP contribution in [0.4, 0.5) is 9.18 Å². The minimum atomic E-state index is -0.751. The Kier molecular flexibility index (Phi) is 7.12. The maximum Gasteiger partial charge on any atom is 0.446 e. The highest BCUT2D eigenvalue weighted by Crippen LogP contribution is 2.37. The summed E-state index contributed by atoms with van der Waals surface area (Å²) in [6, 6.07) is 4.09. The maximum absolute atomic E-state index is 13.7. The summed E-state index contributed by atoms with van der Waals surface area (Å²) in [5.41, 5.74) is 0.241. The van der Waals surface area contributed by atoms with Gasteiger partial charge in [-0.15, -0.1) is 0 Å². The molecule has 182 valence electrons. The number of amides is 1. The fraction of sp³-hybridized carbons (Fsp3) is 0.476. The fourth-order valence-corrected chi connectivity index (χ4v) is 5.07. The van der Waals surface area contributed by atoms with Gasteiger partial charge in [-0.3, -0.25) is 4.52 Å². The van der Waals surface area contributed by atoms with E-state index in [1.165, 1.54) is 34.5 Å². The number of halogens is 2. The molecule has 0 aliphatic heterocycles. The number of hydrogen-bond donors (Lipinski definition) is 1. The molecule has 10 nitrogen and oxygen atoms in total. The molecule has 1 aromatic carbocycles. The first-order valence-corrected chi connectivity index (χ1v) is 12.3. The Bertz CT molecular complexity index is 1230. The van der Waals surface area contributed by atoms with E-state index in [0.29, 0.717) is 23.6 Å². The molecule has 34 heavy (non-hydrogen) atoms. The van der Waals surface area contributed by atoms with Crippen molar-refractivity contribution >= 4 is 33.8 Å². The van der Waals surface area contributed by atoms with Crippen LogP contribution in [0.3, 0.4) is 0 Å². The lowest BCUT2D eigenvalue weighted by atomic mass is 9.97. The van der Waals surface area contributed by atoms with Crippen LogP contribution in [0.15, 0.2) is 41.6 Å². The molecule has 2 aromatic heterocycles. The van der Waals surface area contributed by atoms with Gasteiger partial charge in [-0.2, -0.15) is 0 Å².